The number of anilines is 1. The normalized spacial score (nSPS) is 11.8. The Labute approximate surface area is 130 Å². The number of hydrogen-bond donors (Lipinski definition) is 3. The third-order valence-corrected chi connectivity index (χ3v) is 3.89. The lowest BCUT2D eigenvalue weighted by molar-refractivity contribution is 0.0698. The maximum atomic E-state index is 11.9. The van der Waals surface area contributed by atoms with Crippen molar-refractivity contribution in [2.75, 3.05) is 17.3 Å². The van der Waals surface area contributed by atoms with Crippen LogP contribution in [0, 0.1) is 0 Å². The fourth-order valence-corrected chi connectivity index (χ4v) is 2.69. The number of amides is 2. The standard InChI is InChI=1S/C13H17BrN2O3S/c1-3-9(7-20-2)15-13(19)16-11-5-4-8(14)6-10(11)12(17)18/h4-6,9H,3,7H2,1-2H3,(H,17,18)(H2,15,16,19). The van der Waals surface area contributed by atoms with Crippen LogP contribution in [0.15, 0.2) is 22.7 Å². The van der Waals surface area contributed by atoms with Crippen LogP contribution in [0.1, 0.15) is 23.7 Å². The molecule has 0 aliphatic heterocycles. The highest BCUT2D eigenvalue weighted by molar-refractivity contribution is 9.10. The SMILES string of the molecule is CCC(CSC)NC(=O)Nc1ccc(Br)cc1C(=O)O. The average Bonchev–Trinajstić information content (AvgIpc) is 2.40. The highest BCUT2D eigenvalue weighted by Gasteiger charge is 2.15. The summed E-state index contributed by atoms with van der Waals surface area (Å²) in [7, 11) is 0. The van der Waals surface area contributed by atoms with Crippen LogP contribution >= 0.6 is 27.7 Å². The van der Waals surface area contributed by atoms with Gasteiger partial charge in [-0.2, -0.15) is 11.8 Å². The van der Waals surface area contributed by atoms with Gasteiger partial charge in [0.15, 0.2) is 0 Å². The minimum Gasteiger partial charge on any atom is -0.478 e. The average molecular weight is 361 g/mol. The molecule has 7 heteroatoms. The van der Waals surface area contributed by atoms with Crippen LogP contribution in [0.5, 0.6) is 0 Å². The molecule has 0 bridgehead atoms. The molecule has 110 valence electrons. The molecule has 0 aromatic heterocycles. The Bertz CT molecular complexity index is 497. The van der Waals surface area contributed by atoms with Gasteiger partial charge in [0.25, 0.3) is 0 Å². The Kier molecular flexibility index (Phi) is 6.87. The number of thioether (sulfide) groups is 1. The lowest BCUT2D eigenvalue weighted by atomic mass is 10.2. The number of halogens is 1. The molecule has 0 saturated carbocycles. The minimum absolute atomic E-state index is 0.0486. The maximum absolute atomic E-state index is 11.9. The smallest absolute Gasteiger partial charge is 0.337 e. The van der Waals surface area contributed by atoms with Crippen molar-refractivity contribution in [2.24, 2.45) is 0 Å². The summed E-state index contributed by atoms with van der Waals surface area (Å²) in [4.78, 5) is 23.0. The summed E-state index contributed by atoms with van der Waals surface area (Å²) in [5, 5.41) is 14.5. The number of carboxylic acids is 1. The number of carbonyl (C=O) groups excluding carboxylic acids is 1. The number of rotatable bonds is 6. The zero-order valence-electron chi connectivity index (χ0n) is 11.3. The molecule has 20 heavy (non-hydrogen) atoms. The Morgan fingerprint density at radius 1 is 1.45 bits per heavy atom. The highest BCUT2D eigenvalue weighted by Crippen LogP contribution is 2.21. The molecule has 0 radical (unpaired) electrons. The first-order valence-electron chi connectivity index (χ1n) is 6.07. The zero-order valence-corrected chi connectivity index (χ0v) is 13.7. The number of carboxylic acid groups (broad SMARTS) is 1. The second-order valence-electron chi connectivity index (χ2n) is 4.15. The van der Waals surface area contributed by atoms with Crippen molar-refractivity contribution in [3.05, 3.63) is 28.2 Å². The van der Waals surface area contributed by atoms with E-state index in [1.54, 1.807) is 23.9 Å². The second-order valence-corrected chi connectivity index (χ2v) is 5.98. The molecule has 5 nitrogen and oxygen atoms in total. The van der Waals surface area contributed by atoms with Crippen LogP contribution in [-0.2, 0) is 0 Å². The third-order valence-electron chi connectivity index (χ3n) is 2.66. The van der Waals surface area contributed by atoms with E-state index in [1.165, 1.54) is 6.07 Å². The molecule has 3 N–H and O–H groups in total. The highest BCUT2D eigenvalue weighted by atomic mass is 79.9. The fraction of sp³-hybridized carbons (Fsp3) is 0.385. The first kappa shape index (κ1) is 16.8. The Morgan fingerprint density at radius 3 is 2.70 bits per heavy atom. The molecular formula is C13H17BrN2O3S. The van der Waals surface area contributed by atoms with E-state index in [9.17, 15) is 9.59 Å². The number of benzene rings is 1. The van der Waals surface area contributed by atoms with Crippen molar-refractivity contribution >= 4 is 45.4 Å². The molecular weight excluding hydrogens is 344 g/mol. The van der Waals surface area contributed by atoms with Crippen LogP contribution in [0.4, 0.5) is 10.5 Å². The molecule has 1 unspecified atom stereocenters. The Morgan fingerprint density at radius 2 is 2.15 bits per heavy atom. The van der Waals surface area contributed by atoms with Gasteiger partial charge in [0, 0.05) is 16.3 Å². The van der Waals surface area contributed by atoms with Gasteiger partial charge in [0.2, 0.25) is 0 Å². The molecule has 2 amide bonds. The van der Waals surface area contributed by atoms with Crippen molar-refractivity contribution in [1.82, 2.24) is 5.32 Å². The summed E-state index contributed by atoms with van der Waals surface area (Å²) in [6.45, 7) is 1.99. The molecule has 0 aliphatic carbocycles. The lowest BCUT2D eigenvalue weighted by Crippen LogP contribution is -2.39. The molecule has 1 atom stereocenters. The van der Waals surface area contributed by atoms with Crippen LogP contribution in [0.2, 0.25) is 0 Å². The molecule has 0 heterocycles. The van der Waals surface area contributed by atoms with Crippen LogP contribution < -0.4 is 10.6 Å². The number of carbonyl (C=O) groups is 2. The lowest BCUT2D eigenvalue weighted by Gasteiger charge is -2.17. The summed E-state index contributed by atoms with van der Waals surface area (Å²) in [6.07, 6.45) is 2.79. The van der Waals surface area contributed by atoms with Gasteiger partial charge in [-0.25, -0.2) is 9.59 Å². The van der Waals surface area contributed by atoms with E-state index in [-0.39, 0.29) is 17.3 Å². The quantitative estimate of drug-likeness (QED) is 0.726. The monoisotopic (exact) mass is 360 g/mol. The van der Waals surface area contributed by atoms with E-state index >= 15 is 0 Å². The number of hydrogen-bond acceptors (Lipinski definition) is 3. The van der Waals surface area contributed by atoms with E-state index in [0.717, 1.165) is 12.2 Å². The second kappa shape index (κ2) is 8.16. The zero-order chi connectivity index (χ0) is 15.1. The molecule has 1 rings (SSSR count). The Balaban J connectivity index is 2.77. The molecule has 0 saturated heterocycles. The Hall–Kier alpha value is -1.21. The van der Waals surface area contributed by atoms with Crippen molar-refractivity contribution < 1.29 is 14.7 Å². The topological polar surface area (TPSA) is 78.4 Å². The van der Waals surface area contributed by atoms with Gasteiger partial charge in [0.05, 0.1) is 11.3 Å². The van der Waals surface area contributed by atoms with Crippen LogP contribution in [-0.4, -0.2) is 35.2 Å². The number of nitrogens with one attached hydrogen (secondary N) is 2. The summed E-state index contributed by atoms with van der Waals surface area (Å²) in [5.41, 5.74) is 0.324. The molecule has 1 aromatic rings. The van der Waals surface area contributed by atoms with Gasteiger partial charge < -0.3 is 15.7 Å². The van der Waals surface area contributed by atoms with E-state index in [1.807, 2.05) is 13.2 Å². The van der Waals surface area contributed by atoms with Gasteiger partial charge in [-0.15, -0.1) is 0 Å². The van der Waals surface area contributed by atoms with Gasteiger partial charge in [-0.1, -0.05) is 22.9 Å². The van der Waals surface area contributed by atoms with Crippen molar-refractivity contribution in [1.29, 1.82) is 0 Å². The van der Waals surface area contributed by atoms with E-state index in [0.29, 0.717) is 4.47 Å². The molecule has 0 spiro atoms. The van der Waals surface area contributed by atoms with E-state index in [4.69, 9.17) is 5.11 Å². The van der Waals surface area contributed by atoms with Gasteiger partial charge in [-0.3, -0.25) is 0 Å². The predicted molar refractivity (Wildman–Crippen MR) is 85.7 cm³/mol. The minimum atomic E-state index is -1.09. The van der Waals surface area contributed by atoms with Crippen molar-refractivity contribution in [2.45, 2.75) is 19.4 Å². The predicted octanol–water partition coefficient (Wildman–Crippen LogP) is 3.41. The van der Waals surface area contributed by atoms with Gasteiger partial charge >= 0.3 is 12.0 Å². The summed E-state index contributed by atoms with van der Waals surface area (Å²) < 4.78 is 0.648. The van der Waals surface area contributed by atoms with E-state index < -0.39 is 12.0 Å². The van der Waals surface area contributed by atoms with Crippen molar-refractivity contribution in [3.63, 3.8) is 0 Å². The molecule has 0 fully saturated rings. The summed E-state index contributed by atoms with van der Waals surface area (Å²) >= 11 is 4.86. The third kappa shape index (κ3) is 5.05. The largest absolute Gasteiger partial charge is 0.478 e. The number of urea groups is 1. The fourth-order valence-electron chi connectivity index (χ4n) is 1.61. The van der Waals surface area contributed by atoms with Crippen LogP contribution in [0.3, 0.4) is 0 Å². The van der Waals surface area contributed by atoms with Gasteiger partial charge in [-0.05, 0) is 30.9 Å². The molecule has 0 aliphatic rings. The summed E-state index contributed by atoms with van der Waals surface area (Å²) in [6, 6.07) is 4.37. The van der Waals surface area contributed by atoms with Gasteiger partial charge in [0.1, 0.15) is 0 Å². The first-order valence-corrected chi connectivity index (χ1v) is 8.25. The summed E-state index contributed by atoms with van der Waals surface area (Å²) in [5.74, 6) is -0.270. The first-order chi connectivity index (χ1) is 9.47. The van der Waals surface area contributed by atoms with E-state index in [2.05, 4.69) is 26.6 Å². The maximum Gasteiger partial charge on any atom is 0.337 e. The number of aromatic carboxylic acids is 1. The van der Waals surface area contributed by atoms with Crippen LogP contribution in [0.25, 0.3) is 0 Å². The molecule has 1 aromatic carbocycles. The van der Waals surface area contributed by atoms with Crippen molar-refractivity contribution in [3.8, 4) is 0 Å².